The van der Waals surface area contributed by atoms with Gasteiger partial charge in [0, 0.05) is 13.0 Å². The summed E-state index contributed by atoms with van der Waals surface area (Å²) in [5.74, 6) is 0.168. The Labute approximate surface area is 161 Å². The van der Waals surface area contributed by atoms with Gasteiger partial charge in [-0.3, -0.25) is 9.59 Å². The molecule has 1 amide bonds. The van der Waals surface area contributed by atoms with Crippen LogP contribution in [0.1, 0.15) is 12.5 Å². The van der Waals surface area contributed by atoms with Gasteiger partial charge in [-0.15, -0.1) is 5.10 Å². The van der Waals surface area contributed by atoms with Crippen LogP contribution in [0, 0.1) is 0 Å². The molecule has 1 heterocycles. The SMILES string of the molecule is CCOC(Cc1ccc(OCCn2nnc3ccccc3c2=O)cc1)C(N)=O. The van der Waals surface area contributed by atoms with E-state index in [1.807, 2.05) is 25.1 Å². The zero-order valence-corrected chi connectivity index (χ0v) is 15.6. The van der Waals surface area contributed by atoms with E-state index >= 15 is 0 Å². The molecule has 3 aromatic rings. The molecule has 0 radical (unpaired) electrons. The lowest BCUT2D eigenvalue weighted by atomic mass is 10.1. The number of nitrogens with two attached hydrogens (primary N) is 1. The molecule has 0 aliphatic heterocycles. The molecule has 1 unspecified atom stereocenters. The molecule has 0 bridgehead atoms. The Balaban J connectivity index is 1.57. The van der Waals surface area contributed by atoms with E-state index in [1.165, 1.54) is 4.68 Å². The van der Waals surface area contributed by atoms with Crippen molar-refractivity contribution in [2.45, 2.75) is 26.0 Å². The number of nitrogens with zero attached hydrogens (tertiary/aromatic N) is 3. The van der Waals surface area contributed by atoms with Crippen molar-refractivity contribution in [1.82, 2.24) is 15.0 Å². The Morgan fingerprint density at radius 3 is 2.64 bits per heavy atom. The van der Waals surface area contributed by atoms with E-state index < -0.39 is 12.0 Å². The lowest BCUT2D eigenvalue weighted by Gasteiger charge is -2.13. The standard InChI is InChI=1S/C20H22N4O4/c1-2-27-18(19(21)25)13-14-7-9-15(10-8-14)28-12-11-24-20(26)16-5-3-4-6-17(16)22-23-24/h3-10,18H,2,11-13H2,1H3,(H2,21,25). The zero-order chi connectivity index (χ0) is 19.9. The summed E-state index contributed by atoms with van der Waals surface area (Å²) < 4.78 is 12.3. The Morgan fingerprint density at radius 1 is 1.18 bits per heavy atom. The number of hydrogen-bond donors (Lipinski definition) is 1. The molecule has 1 aromatic heterocycles. The molecule has 0 saturated heterocycles. The van der Waals surface area contributed by atoms with Crippen molar-refractivity contribution >= 4 is 16.8 Å². The first-order chi connectivity index (χ1) is 13.6. The second-order valence-electron chi connectivity index (χ2n) is 6.18. The molecule has 1 atom stereocenters. The summed E-state index contributed by atoms with van der Waals surface area (Å²) >= 11 is 0. The van der Waals surface area contributed by atoms with Crippen molar-refractivity contribution in [3.63, 3.8) is 0 Å². The van der Waals surface area contributed by atoms with Crippen LogP contribution in [0.25, 0.3) is 10.9 Å². The number of carbonyl (C=O) groups excluding carboxylic acids is 1. The van der Waals surface area contributed by atoms with Gasteiger partial charge < -0.3 is 15.2 Å². The smallest absolute Gasteiger partial charge is 0.277 e. The van der Waals surface area contributed by atoms with Gasteiger partial charge in [0.05, 0.1) is 11.9 Å². The molecule has 0 aliphatic carbocycles. The molecule has 0 saturated carbocycles. The van der Waals surface area contributed by atoms with Crippen LogP contribution in [-0.2, 0) is 22.5 Å². The highest BCUT2D eigenvalue weighted by Gasteiger charge is 2.15. The maximum Gasteiger partial charge on any atom is 0.277 e. The normalized spacial score (nSPS) is 12.0. The third-order valence-corrected chi connectivity index (χ3v) is 4.23. The summed E-state index contributed by atoms with van der Waals surface area (Å²) in [6, 6.07) is 14.4. The van der Waals surface area contributed by atoms with Gasteiger partial charge in [-0.25, -0.2) is 4.68 Å². The molecular weight excluding hydrogens is 360 g/mol. The average Bonchev–Trinajstić information content (AvgIpc) is 2.70. The monoisotopic (exact) mass is 382 g/mol. The van der Waals surface area contributed by atoms with Crippen LogP contribution in [0.5, 0.6) is 5.75 Å². The summed E-state index contributed by atoms with van der Waals surface area (Å²) in [5, 5.41) is 8.51. The fourth-order valence-corrected chi connectivity index (χ4v) is 2.80. The van der Waals surface area contributed by atoms with Crippen molar-refractivity contribution in [2.75, 3.05) is 13.2 Å². The Bertz CT molecular complexity index is 1000. The number of hydrogen-bond acceptors (Lipinski definition) is 6. The van der Waals surface area contributed by atoms with Crippen LogP contribution >= 0.6 is 0 Å². The van der Waals surface area contributed by atoms with Gasteiger partial charge in [0.15, 0.2) is 0 Å². The fourth-order valence-electron chi connectivity index (χ4n) is 2.80. The fraction of sp³-hybridized carbons (Fsp3) is 0.300. The lowest BCUT2D eigenvalue weighted by molar-refractivity contribution is -0.129. The quantitative estimate of drug-likeness (QED) is 0.597. The van der Waals surface area contributed by atoms with Crippen molar-refractivity contribution in [3.05, 3.63) is 64.4 Å². The Hall–Kier alpha value is -3.26. The predicted molar refractivity (Wildman–Crippen MR) is 104 cm³/mol. The topological polar surface area (TPSA) is 109 Å². The molecule has 0 fully saturated rings. The molecule has 2 aromatic carbocycles. The van der Waals surface area contributed by atoms with E-state index in [0.717, 1.165) is 5.56 Å². The van der Waals surface area contributed by atoms with Crippen LogP contribution in [0.2, 0.25) is 0 Å². The highest BCUT2D eigenvalue weighted by atomic mass is 16.5. The first-order valence-corrected chi connectivity index (χ1v) is 9.03. The van der Waals surface area contributed by atoms with E-state index in [4.69, 9.17) is 15.2 Å². The largest absolute Gasteiger partial charge is 0.492 e. The highest BCUT2D eigenvalue weighted by molar-refractivity contribution is 5.79. The molecular formula is C20H22N4O4. The molecule has 3 rings (SSSR count). The number of amides is 1. The maximum atomic E-state index is 12.4. The predicted octanol–water partition coefficient (Wildman–Crippen LogP) is 1.30. The van der Waals surface area contributed by atoms with Gasteiger partial charge in [-0.05, 0) is 36.8 Å². The van der Waals surface area contributed by atoms with Crippen LogP contribution in [-0.4, -0.2) is 40.2 Å². The third-order valence-electron chi connectivity index (χ3n) is 4.23. The Morgan fingerprint density at radius 2 is 1.93 bits per heavy atom. The van der Waals surface area contributed by atoms with Crippen LogP contribution in [0.15, 0.2) is 53.3 Å². The Kier molecular flexibility index (Phi) is 6.33. The van der Waals surface area contributed by atoms with E-state index in [9.17, 15) is 9.59 Å². The zero-order valence-electron chi connectivity index (χ0n) is 15.6. The maximum absolute atomic E-state index is 12.4. The van der Waals surface area contributed by atoms with Gasteiger partial charge in [-0.2, -0.15) is 0 Å². The number of benzene rings is 2. The summed E-state index contributed by atoms with van der Waals surface area (Å²) in [5.41, 5.74) is 6.63. The van der Waals surface area contributed by atoms with E-state index in [0.29, 0.717) is 29.7 Å². The minimum absolute atomic E-state index is 0.196. The second-order valence-corrected chi connectivity index (χ2v) is 6.18. The van der Waals surface area contributed by atoms with Crippen molar-refractivity contribution < 1.29 is 14.3 Å². The number of rotatable bonds is 9. The molecule has 2 N–H and O–H groups in total. The van der Waals surface area contributed by atoms with E-state index in [1.54, 1.807) is 30.3 Å². The molecule has 8 heteroatoms. The molecule has 28 heavy (non-hydrogen) atoms. The second kappa shape index (κ2) is 9.09. The van der Waals surface area contributed by atoms with Crippen molar-refractivity contribution in [3.8, 4) is 5.75 Å². The van der Waals surface area contributed by atoms with Crippen molar-refractivity contribution in [1.29, 1.82) is 0 Å². The van der Waals surface area contributed by atoms with Gasteiger partial charge in [-0.1, -0.05) is 29.5 Å². The van der Waals surface area contributed by atoms with Gasteiger partial charge in [0.2, 0.25) is 5.91 Å². The van der Waals surface area contributed by atoms with Crippen LogP contribution in [0.4, 0.5) is 0 Å². The summed E-state index contributed by atoms with van der Waals surface area (Å²) in [6.07, 6.45) is -0.235. The van der Waals surface area contributed by atoms with E-state index in [-0.39, 0.29) is 18.7 Å². The van der Waals surface area contributed by atoms with Gasteiger partial charge in [0.25, 0.3) is 5.56 Å². The number of carbonyl (C=O) groups is 1. The first kappa shape index (κ1) is 19.5. The van der Waals surface area contributed by atoms with Gasteiger partial charge in [0.1, 0.15) is 24.0 Å². The number of fused-ring (bicyclic) bond motifs is 1. The number of aromatic nitrogens is 3. The average molecular weight is 382 g/mol. The minimum Gasteiger partial charge on any atom is -0.492 e. The minimum atomic E-state index is -0.643. The molecule has 8 nitrogen and oxygen atoms in total. The van der Waals surface area contributed by atoms with Crippen LogP contribution in [0.3, 0.4) is 0 Å². The lowest BCUT2D eigenvalue weighted by Crippen LogP contribution is -2.33. The van der Waals surface area contributed by atoms with Crippen LogP contribution < -0.4 is 16.0 Å². The van der Waals surface area contributed by atoms with Gasteiger partial charge >= 0.3 is 0 Å². The third kappa shape index (κ3) is 4.72. The summed E-state index contributed by atoms with van der Waals surface area (Å²) in [7, 11) is 0. The molecule has 0 aliphatic rings. The highest BCUT2D eigenvalue weighted by Crippen LogP contribution is 2.14. The summed E-state index contributed by atoms with van der Waals surface area (Å²) in [6.45, 7) is 2.80. The number of primary amides is 1. The summed E-state index contributed by atoms with van der Waals surface area (Å²) in [4.78, 5) is 23.8. The molecule has 0 spiro atoms. The molecule has 146 valence electrons. The van der Waals surface area contributed by atoms with E-state index in [2.05, 4.69) is 10.3 Å². The number of ether oxygens (including phenoxy) is 2. The van der Waals surface area contributed by atoms with Crippen molar-refractivity contribution in [2.24, 2.45) is 5.73 Å². The first-order valence-electron chi connectivity index (χ1n) is 9.03.